The highest BCUT2D eigenvalue weighted by Crippen LogP contribution is 2.13. The maximum absolute atomic E-state index is 11.4. The average molecular weight is 462 g/mol. The largest absolute Gasteiger partial charge is 0.461 e. The zero-order valence-corrected chi connectivity index (χ0v) is 20.0. The third-order valence-electron chi connectivity index (χ3n) is 4.90. The van der Waals surface area contributed by atoms with Gasteiger partial charge in [-0.1, -0.05) is 113 Å². The zero-order chi connectivity index (χ0) is 20.7. The number of carbonyl (C=O) groups is 1. The van der Waals surface area contributed by atoms with E-state index in [4.69, 9.17) is 9.47 Å². The number of esters is 1. The van der Waals surface area contributed by atoms with Gasteiger partial charge in [0.05, 0.1) is 6.61 Å². The van der Waals surface area contributed by atoms with E-state index >= 15 is 0 Å². The molecule has 0 saturated heterocycles. The van der Waals surface area contributed by atoms with Crippen molar-refractivity contribution in [3.63, 3.8) is 0 Å². The Morgan fingerprint density at radius 3 is 1.75 bits per heavy atom. The molecule has 28 heavy (non-hydrogen) atoms. The van der Waals surface area contributed by atoms with Crippen molar-refractivity contribution in [1.82, 2.24) is 0 Å². The highest BCUT2D eigenvalue weighted by molar-refractivity contribution is 9.09. The molecular weight excluding hydrogens is 416 g/mol. The molecule has 0 spiro atoms. The summed E-state index contributed by atoms with van der Waals surface area (Å²) in [5.74, 6) is -0.160. The van der Waals surface area contributed by atoms with Gasteiger partial charge in [0.25, 0.3) is 0 Å². The first-order chi connectivity index (χ1) is 13.7. The van der Waals surface area contributed by atoms with E-state index in [9.17, 15) is 4.79 Å². The molecule has 0 unspecified atom stereocenters. The third-order valence-corrected chi connectivity index (χ3v) is 5.46. The lowest BCUT2D eigenvalue weighted by molar-refractivity contribution is -0.142. The van der Waals surface area contributed by atoms with Gasteiger partial charge in [-0.05, 0) is 18.4 Å². The number of rotatable bonds is 22. The molecule has 0 N–H and O–H groups in total. The van der Waals surface area contributed by atoms with E-state index in [1.54, 1.807) is 0 Å². The number of halogens is 1. The number of alkyl halides is 1. The fourth-order valence-corrected chi connectivity index (χ4v) is 3.40. The molecule has 0 radical (unpaired) electrons. The van der Waals surface area contributed by atoms with Crippen molar-refractivity contribution in [2.24, 2.45) is 0 Å². The highest BCUT2D eigenvalue weighted by Gasteiger charge is 2.03. The molecule has 0 aliphatic rings. The minimum Gasteiger partial charge on any atom is -0.461 e. The standard InChI is InChI=1S/C24H45BrO3/c1-3-4-5-6-7-8-9-10-11-12-13-14-15-16-20-27-21-23(2)22-28-24(26)18-17-19-25/h2-22H2,1H3. The molecule has 0 aromatic heterocycles. The molecule has 0 aromatic carbocycles. The zero-order valence-electron chi connectivity index (χ0n) is 18.5. The summed E-state index contributed by atoms with van der Waals surface area (Å²) in [5, 5.41) is 0.825. The van der Waals surface area contributed by atoms with Crippen LogP contribution in [0.5, 0.6) is 0 Å². The summed E-state index contributed by atoms with van der Waals surface area (Å²) in [6, 6.07) is 0. The van der Waals surface area contributed by atoms with Crippen LogP contribution in [0.2, 0.25) is 0 Å². The Morgan fingerprint density at radius 1 is 0.750 bits per heavy atom. The lowest BCUT2D eigenvalue weighted by Gasteiger charge is -2.08. The molecule has 0 aliphatic heterocycles. The van der Waals surface area contributed by atoms with Crippen LogP contribution in [0.1, 0.15) is 110 Å². The van der Waals surface area contributed by atoms with Crippen molar-refractivity contribution in [3.8, 4) is 0 Å². The van der Waals surface area contributed by atoms with Crippen LogP contribution >= 0.6 is 15.9 Å². The predicted molar refractivity (Wildman–Crippen MR) is 124 cm³/mol. The van der Waals surface area contributed by atoms with E-state index in [1.807, 2.05) is 0 Å². The van der Waals surface area contributed by atoms with E-state index < -0.39 is 0 Å². The molecule has 0 aromatic rings. The average Bonchev–Trinajstić information content (AvgIpc) is 2.70. The Bertz CT molecular complexity index is 358. The van der Waals surface area contributed by atoms with Crippen molar-refractivity contribution < 1.29 is 14.3 Å². The number of hydrogen-bond acceptors (Lipinski definition) is 3. The second kappa shape index (κ2) is 22.9. The summed E-state index contributed by atoms with van der Waals surface area (Å²) in [5.41, 5.74) is 0.831. The van der Waals surface area contributed by atoms with Crippen molar-refractivity contribution in [3.05, 3.63) is 12.2 Å². The van der Waals surface area contributed by atoms with E-state index in [0.29, 0.717) is 13.0 Å². The van der Waals surface area contributed by atoms with Gasteiger partial charge in [0, 0.05) is 18.4 Å². The molecule has 0 saturated carbocycles. The quantitative estimate of drug-likeness (QED) is 0.0715. The smallest absolute Gasteiger partial charge is 0.306 e. The van der Waals surface area contributed by atoms with Gasteiger partial charge in [-0.25, -0.2) is 0 Å². The van der Waals surface area contributed by atoms with Crippen molar-refractivity contribution in [2.75, 3.05) is 25.2 Å². The first-order valence-electron chi connectivity index (χ1n) is 11.7. The SMILES string of the molecule is C=C(COCCCCCCCCCCCCCCCC)COC(=O)CCCBr. The lowest BCUT2D eigenvalue weighted by Crippen LogP contribution is -2.10. The fourth-order valence-electron chi connectivity index (χ4n) is 3.12. The second-order valence-electron chi connectivity index (χ2n) is 7.85. The lowest BCUT2D eigenvalue weighted by atomic mass is 10.0. The summed E-state index contributed by atoms with van der Waals surface area (Å²) in [4.78, 5) is 11.4. The molecule has 166 valence electrons. The van der Waals surface area contributed by atoms with Crippen LogP contribution < -0.4 is 0 Å². The Labute approximate surface area is 183 Å². The minimum absolute atomic E-state index is 0.160. The molecule has 0 heterocycles. The van der Waals surface area contributed by atoms with Crippen LogP contribution in [-0.4, -0.2) is 31.1 Å². The minimum atomic E-state index is -0.160. The summed E-state index contributed by atoms with van der Waals surface area (Å²) < 4.78 is 10.8. The van der Waals surface area contributed by atoms with E-state index in [1.165, 1.54) is 83.5 Å². The van der Waals surface area contributed by atoms with Crippen molar-refractivity contribution >= 4 is 21.9 Å². The highest BCUT2D eigenvalue weighted by atomic mass is 79.9. The van der Waals surface area contributed by atoms with Gasteiger partial charge in [-0.3, -0.25) is 4.79 Å². The monoisotopic (exact) mass is 460 g/mol. The first kappa shape index (κ1) is 27.6. The van der Waals surface area contributed by atoms with Gasteiger partial charge in [0.15, 0.2) is 0 Å². The summed E-state index contributed by atoms with van der Waals surface area (Å²) in [7, 11) is 0. The van der Waals surface area contributed by atoms with E-state index in [0.717, 1.165) is 30.4 Å². The Morgan fingerprint density at radius 2 is 1.25 bits per heavy atom. The summed E-state index contributed by atoms with van der Waals surface area (Å²) in [6.07, 6.45) is 20.4. The normalized spacial score (nSPS) is 10.9. The summed E-state index contributed by atoms with van der Waals surface area (Å²) >= 11 is 3.30. The van der Waals surface area contributed by atoms with Gasteiger partial charge in [-0.15, -0.1) is 0 Å². The molecule has 0 aliphatic carbocycles. The molecule has 0 bridgehead atoms. The second-order valence-corrected chi connectivity index (χ2v) is 8.64. The molecular formula is C24H45BrO3. The first-order valence-corrected chi connectivity index (χ1v) is 12.8. The maximum Gasteiger partial charge on any atom is 0.306 e. The van der Waals surface area contributed by atoms with Crippen LogP contribution in [0, 0.1) is 0 Å². The van der Waals surface area contributed by atoms with Crippen LogP contribution in [0.25, 0.3) is 0 Å². The van der Waals surface area contributed by atoms with Gasteiger partial charge in [-0.2, -0.15) is 0 Å². The number of unbranched alkanes of at least 4 members (excludes halogenated alkanes) is 13. The molecule has 0 rings (SSSR count). The van der Waals surface area contributed by atoms with Gasteiger partial charge >= 0.3 is 5.97 Å². The van der Waals surface area contributed by atoms with Crippen molar-refractivity contribution in [1.29, 1.82) is 0 Å². The van der Waals surface area contributed by atoms with Gasteiger partial charge in [0.2, 0.25) is 0 Å². The fraction of sp³-hybridized carbons (Fsp3) is 0.875. The maximum atomic E-state index is 11.4. The number of carbonyl (C=O) groups excluding carboxylic acids is 1. The van der Waals surface area contributed by atoms with Crippen LogP contribution in [0.15, 0.2) is 12.2 Å². The predicted octanol–water partition coefficient (Wildman–Crippen LogP) is 7.76. The van der Waals surface area contributed by atoms with Gasteiger partial charge < -0.3 is 9.47 Å². The van der Waals surface area contributed by atoms with Crippen LogP contribution in [0.3, 0.4) is 0 Å². The van der Waals surface area contributed by atoms with Crippen LogP contribution in [0.4, 0.5) is 0 Å². The van der Waals surface area contributed by atoms with E-state index in [-0.39, 0.29) is 12.6 Å². The molecule has 3 nitrogen and oxygen atoms in total. The number of hydrogen-bond donors (Lipinski definition) is 0. The molecule has 0 fully saturated rings. The molecule has 0 atom stereocenters. The summed E-state index contributed by atoms with van der Waals surface area (Å²) in [6.45, 7) is 7.72. The van der Waals surface area contributed by atoms with E-state index in [2.05, 4.69) is 29.4 Å². The van der Waals surface area contributed by atoms with Crippen molar-refractivity contribution in [2.45, 2.75) is 110 Å². The Balaban J connectivity index is 3.19. The Kier molecular flexibility index (Phi) is 22.6. The Hall–Kier alpha value is -0.350. The van der Waals surface area contributed by atoms with Crippen LogP contribution in [-0.2, 0) is 14.3 Å². The third kappa shape index (κ3) is 21.9. The number of ether oxygens (including phenoxy) is 2. The molecule has 0 amide bonds. The topological polar surface area (TPSA) is 35.5 Å². The van der Waals surface area contributed by atoms with Gasteiger partial charge in [0.1, 0.15) is 6.61 Å². The molecule has 4 heteroatoms.